The maximum absolute atomic E-state index is 7.93. The Morgan fingerprint density at radius 3 is 2.50 bits per heavy atom. The second kappa shape index (κ2) is 10.0. The Morgan fingerprint density at radius 1 is 1.18 bits per heavy atom. The molecule has 0 amide bonds. The van der Waals surface area contributed by atoms with E-state index < -0.39 is 0 Å². The molecule has 0 saturated heterocycles. The Morgan fingerprint density at radius 2 is 1.89 bits per heavy atom. The number of nitrogens with two attached hydrogens (primary N) is 1. The fourth-order valence-electron chi connectivity index (χ4n) is 2.90. The zero-order valence-corrected chi connectivity index (χ0v) is 16.5. The van der Waals surface area contributed by atoms with Crippen molar-refractivity contribution in [2.75, 3.05) is 12.8 Å². The molecule has 0 bridgehead atoms. The number of nitrogens with one attached hydrogen (secondary N) is 2. The van der Waals surface area contributed by atoms with Crippen LogP contribution >= 0.6 is 0 Å². The van der Waals surface area contributed by atoms with E-state index in [2.05, 4.69) is 16.6 Å². The van der Waals surface area contributed by atoms with Crippen molar-refractivity contribution >= 4 is 17.1 Å². The number of nitrogens with zero attached hydrogens (tertiary/aromatic N) is 1. The Hall–Kier alpha value is -3.46. The molecule has 28 heavy (non-hydrogen) atoms. The van der Waals surface area contributed by atoms with Gasteiger partial charge in [0.05, 0.1) is 7.11 Å². The summed E-state index contributed by atoms with van der Waals surface area (Å²) in [6, 6.07) is 15.3. The van der Waals surface area contributed by atoms with Crippen LogP contribution in [-0.2, 0) is 0 Å². The van der Waals surface area contributed by atoms with Crippen LogP contribution in [0.4, 0.5) is 5.69 Å². The molecule has 0 aliphatic rings. The minimum atomic E-state index is 0.0699. The molecule has 1 atom stereocenters. The van der Waals surface area contributed by atoms with Gasteiger partial charge in [-0.25, -0.2) is 5.43 Å². The van der Waals surface area contributed by atoms with Gasteiger partial charge in [0.25, 0.3) is 0 Å². The van der Waals surface area contributed by atoms with Crippen molar-refractivity contribution in [3.8, 4) is 29.7 Å². The molecular weight excluding hydrogens is 352 g/mol. The molecule has 1 unspecified atom stereocenters. The molecule has 2 aromatic rings. The second-order valence-electron chi connectivity index (χ2n) is 6.57. The predicted octanol–water partition coefficient (Wildman–Crippen LogP) is 4.53. The summed E-state index contributed by atoms with van der Waals surface area (Å²) >= 11 is 0. The summed E-state index contributed by atoms with van der Waals surface area (Å²) in [7, 11) is 1.60. The van der Waals surface area contributed by atoms with Crippen LogP contribution in [0.15, 0.2) is 47.6 Å². The molecule has 4 N–H and O–H groups in total. The van der Waals surface area contributed by atoms with Crippen molar-refractivity contribution in [3.63, 3.8) is 0 Å². The molecule has 0 spiro atoms. The Bertz CT molecular complexity index is 882. The standard InChI is InChI=1S/C22H26N4O2/c1-5-25-26-16(3)13-18(12-15(2)23)17-6-11-21(27-4)22(14-17)28-20-9-7-19(24)8-10-20/h1,6-11,14,18,23,25H,12-13,24H2,2-4H3/b23-15?,26-16-. The monoisotopic (exact) mass is 378 g/mol. The van der Waals surface area contributed by atoms with E-state index in [0.717, 1.165) is 11.3 Å². The summed E-state index contributed by atoms with van der Waals surface area (Å²) in [5, 5.41) is 12.1. The van der Waals surface area contributed by atoms with Crippen LogP contribution in [0.1, 0.15) is 38.2 Å². The van der Waals surface area contributed by atoms with Crippen LogP contribution < -0.4 is 20.6 Å². The maximum atomic E-state index is 7.93. The van der Waals surface area contributed by atoms with Gasteiger partial charge in [0, 0.05) is 23.2 Å². The third-order valence-corrected chi connectivity index (χ3v) is 4.17. The van der Waals surface area contributed by atoms with Crippen LogP contribution in [0.25, 0.3) is 0 Å². The second-order valence-corrected chi connectivity index (χ2v) is 6.57. The lowest BCUT2D eigenvalue weighted by atomic mass is 9.89. The molecule has 0 aliphatic heterocycles. The average molecular weight is 378 g/mol. The van der Waals surface area contributed by atoms with Crippen LogP contribution in [0.5, 0.6) is 17.2 Å². The largest absolute Gasteiger partial charge is 0.493 e. The molecule has 0 fully saturated rings. The number of anilines is 1. The van der Waals surface area contributed by atoms with Crippen molar-refractivity contribution in [2.24, 2.45) is 5.10 Å². The maximum Gasteiger partial charge on any atom is 0.169 e. The van der Waals surface area contributed by atoms with Crippen molar-refractivity contribution in [2.45, 2.75) is 32.6 Å². The topological polar surface area (TPSA) is 92.7 Å². The minimum absolute atomic E-state index is 0.0699. The first-order valence-electron chi connectivity index (χ1n) is 8.92. The summed E-state index contributed by atoms with van der Waals surface area (Å²) in [5.41, 5.74) is 11.4. The SMILES string of the molecule is C#CN/N=C(/C)CC(CC(C)=N)c1ccc(OC)c(Oc2ccc(N)cc2)c1. The van der Waals surface area contributed by atoms with Gasteiger partial charge < -0.3 is 20.6 Å². The van der Waals surface area contributed by atoms with Gasteiger partial charge in [-0.15, -0.1) is 0 Å². The van der Waals surface area contributed by atoms with Gasteiger partial charge in [-0.1, -0.05) is 12.5 Å². The number of methoxy groups -OCH3 is 1. The molecule has 0 heterocycles. The molecule has 146 valence electrons. The fraction of sp³-hybridized carbons (Fsp3) is 0.273. The van der Waals surface area contributed by atoms with E-state index in [1.165, 1.54) is 0 Å². The van der Waals surface area contributed by atoms with Crippen LogP contribution in [0.3, 0.4) is 0 Å². The molecule has 0 saturated carbocycles. The molecule has 2 aromatic carbocycles. The minimum Gasteiger partial charge on any atom is -0.493 e. The van der Waals surface area contributed by atoms with Gasteiger partial charge in [-0.2, -0.15) is 5.10 Å². The van der Waals surface area contributed by atoms with E-state index in [0.29, 0.717) is 41.5 Å². The Labute approximate surface area is 166 Å². The van der Waals surface area contributed by atoms with Gasteiger partial charge in [0.1, 0.15) is 5.75 Å². The number of benzene rings is 2. The van der Waals surface area contributed by atoms with Crippen molar-refractivity contribution in [1.82, 2.24) is 5.43 Å². The van der Waals surface area contributed by atoms with Crippen molar-refractivity contribution < 1.29 is 9.47 Å². The lowest BCUT2D eigenvalue weighted by Gasteiger charge is -2.19. The number of rotatable bonds is 9. The van der Waals surface area contributed by atoms with E-state index >= 15 is 0 Å². The van der Waals surface area contributed by atoms with Gasteiger partial charge in [-0.05, 0) is 74.6 Å². The molecule has 0 aliphatic carbocycles. The normalized spacial score (nSPS) is 12.0. The quantitative estimate of drug-likeness (QED) is 0.196. The summed E-state index contributed by atoms with van der Waals surface area (Å²) in [6.07, 6.45) is 6.47. The van der Waals surface area contributed by atoms with Crippen LogP contribution in [0.2, 0.25) is 0 Å². The fourth-order valence-corrected chi connectivity index (χ4v) is 2.90. The highest BCUT2D eigenvalue weighted by Crippen LogP contribution is 2.36. The molecule has 0 radical (unpaired) electrons. The van der Waals surface area contributed by atoms with Gasteiger partial charge in [0.15, 0.2) is 11.5 Å². The number of nitrogen functional groups attached to an aromatic ring is 1. The number of ether oxygens (including phenoxy) is 2. The third-order valence-electron chi connectivity index (χ3n) is 4.17. The lowest BCUT2D eigenvalue weighted by Crippen LogP contribution is -2.11. The molecule has 0 aromatic heterocycles. The first-order chi connectivity index (χ1) is 13.4. The zero-order chi connectivity index (χ0) is 20.5. The van der Waals surface area contributed by atoms with E-state index in [1.54, 1.807) is 26.2 Å². The molecule has 2 rings (SSSR count). The van der Waals surface area contributed by atoms with E-state index in [-0.39, 0.29) is 5.92 Å². The summed E-state index contributed by atoms with van der Waals surface area (Å²) < 4.78 is 11.5. The Balaban J connectivity index is 2.33. The highest BCUT2D eigenvalue weighted by atomic mass is 16.5. The first kappa shape index (κ1) is 20.8. The molecular formula is C22H26N4O2. The van der Waals surface area contributed by atoms with E-state index in [9.17, 15) is 0 Å². The summed E-state index contributed by atoms with van der Waals surface area (Å²) in [5.74, 6) is 1.97. The van der Waals surface area contributed by atoms with E-state index in [4.69, 9.17) is 27.0 Å². The van der Waals surface area contributed by atoms with Crippen LogP contribution in [0, 0.1) is 17.9 Å². The highest BCUT2D eigenvalue weighted by molar-refractivity contribution is 5.85. The number of hydrogen-bond donors (Lipinski definition) is 3. The average Bonchev–Trinajstić information content (AvgIpc) is 2.67. The number of terminal acetylenes is 1. The number of hydrogen-bond acceptors (Lipinski definition) is 6. The van der Waals surface area contributed by atoms with Crippen molar-refractivity contribution in [1.29, 1.82) is 5.41 Å². The van der Waals surface area contributed by atoms with Crippen LogP contribution in [-0.4, -0.2) is 18.5 Å². The number of hydrazone groups is 1. The van der Waals surface area contributed by atoms with E-state index in [1.807, 2.05) is 37.3 Å². The third kappa shape index (κ3) is 6.06. The van der Waals surface area contributed by atoms with Gasteiger partial charge in [0.2, 0.25) is 0 Å². The zero-order valence-electron chi connectivity index (χ0n) is 16.5. The molecule has 6 heteroatoms. The predicted molar refractivity (Wildman–Crippen MR) is 114 cm³/mol. The molecule has 6 nitrogen and oxygen atoms in total. The van der Waals surface area contributed by atoms with Gasteiger partial charge in [-0.3, -0.25) is 0 Å². The van der Waals surface area contributed by atoms with Gasteiger partial charge >= 0.3 is 0 Å². The summed E-state index contributed by atoms with van der Waals surface area (Å²) in [6.45, 7) is 3.71. The lowest BCUT2D eigenvalue weighted by molar-refractivity contribution is 0.378. The first-order valence-corrected chi connectivity index (χ1v) is 8.92. The Kier molecular flexibility index (Phi) is 7.46. The highest BCUT2D eigenvalue weighted by Gasteiger charge is 2.17. The smallest absolute Gasteiger partial charge is 0.169 e. The summed E-state index contributed by atoms with van der Waals surface area (Å²) in [4.78, 5) is 0. The van der Waals surface area contributed by atoms with Crippen molar-refractivity contribution in [3.05, 3.63) is 48.0 Å².